The largest absolute Gasteiger partial charge is 1.00 e. The average molecular weight is 255 g/mol. The third kappa shape index (κ3) is 2.87. The molecule has 2 aromatic rings. The predicted octanol–water partition coefficient (Wildman–Crippen LogP) is -0.0740. The second-order valence-corrected chi connectivity index (χ2v) is 3.73. The highest BCUT2D eigenvalue weighted by atomic mass is 35.5. The standard InChI is InChI=1S/C12H11ClN2.ClH/c1-15(12-6-8-14-9-7-12)11-4-2-10(13)3-5-11;/h2-9H,1H3;1H. The lowest BCUT2D eigenvalue weighted by Gasteiger charge is -2.18. The predicted molar refractivity (Wildman–Crippen MR) is 62.5 cm³/mol. The Morgan fingerprint density at radius 1 is 0.938 bits per heavy atom. The molecule has 2 rings (SSSR count). The summed E-state index contributed by atoms with van der Waals surface area (Å²) in [5.74, 6) is 0. The summed E-state index contributed by atoms with van der Waals surface area (Å²) in [5, 5.41) is 0.758. The first-order valence-electron chi connectivity index (χ1n) is 4.73. The Morgan fingerprint density at radius 2 is 1.44 bits per heavy atom. The first kappa shape index (κ1) is 12.8. The molecule has 1 heterocycles. The van der Waals surface area contributed by atoms with Crippen LogP contribution in [0.3, 0.4) is 0 Å². The van der Waals surface area contributed by atoms with Crippen molar-refractivity contribution in [1.82, 2.24) is 0 Å². The van der Waals surface area contributed by atoms with Gasteiger partial charge in [-0.3, -0.25) is 0 Å². The number of pyridine rings is 1. The lowest BCUT2D eigenvalue weighted by molar-refractivity contribution is -0.377. The van der Waals surface area contributed by atoms with Gasteiger partial charge in [-0.15, -0.1) is 0 Å². The minimum atomic E-state index is 0. The first-order valence-corrected chi connectivity index (χ1v) is 5.10. The monoisotopic (exact) mass is 254 g/mol. The van der Waals surface area contributed by atoms with Crippen molar-refractivity contribution in [3.05, 3.63) is 53.8 Å². The molecule has 0 fully saturated rings. The quantitative estimate of drug-likeness (QED) is 0.734. The van der Waals surface area contributed by atoms with Crippen LogP contribution in [0, 0.1) is 0 Å². The van der Waals surface area contributed by atoms with E-state index in [1.807, 2.05) is 55.8 Å². The fourth-order valence-corrected chi connectivity index (χ4v) is 1.54. The second-order valence-electron chi connectivity index (χ2n) is 3.29. The zero-order chi connectivity index (χ0) is 10.7. The van der Waals surface area contributed by atoms with Crippen LogP contribution in [0.2, 0.25) is 5.02 Å². The van der Waals surface area contributed by atoms with Crippen molar-refractivity contribution in [3.8, 4) is 0 Å². The number of benzene rings is 1. The van der Waals surface area contributed by atoms with Crippen LogP contribution in [-0.2, 0) is 0 Å². The minimum Gasteiger partial charge on any atom is -1.00 e. The molecular formula is C12H12Cl2N2. The van der Waals surface area contributed by atoms with Crippen LogP contribution in [0.5, 0.6) is 0 Å². The van der Waals surface area contributed by atoms with E-state index in [-0.39, 0.29) is 12.4 Å². The number of nitrogens with one attached hydrogen (secondary N) is 1. The highest BCUT2D eigenvalue weighted by Crippen LogP contribution is 2.23. The first-order chi connectivity index (χ1) is 7.27. The molecule has 0 spiro atoms. The number of anilines is 2. The highest BCUT2D eigenvalue weighted by Gasteiger charge is 2.03. The van der Waals surface area contributed by atoms with Gasteiger partial charge >= 0.3 is 0 Å². The topological polar surface area (TPSA) is 17.4 Å². The molecule has 0 aliphatic heterocycles. The van der Waals surface area contributed by atoms with Crippen LogP contribution < -0.4 is 22.3 Å². The third-order valence-electron chi connectivity index (χ3n) is 2.30. The molecule has 1 N–H and O–H groups in total. The van der Waals surface area contributed by atoms with Gasteiger partial charge in [-0.05, 0) is 24.3 Å². The zero-order valence-corrected chi connectivity index (χ0v) is 10.3. The molecular weight excluding hydrogens is 243 g/mol. The van der Waals surface area contributed by atoms with Crippen molar-refractivity contribution in [2.24, 2.45) is 0 Å². The van der Waals surface area contributed by atoms with E-state index in [2.05, 4.69) is 9.88 Å². The summed E-state index contributed by atoms with van der Waals surface area (Å²) in [6.07, 6.45) is 3.81. The Morgan fingerprint density at radius 3 is 2.00 bits per heavy atom. The molecule has 0 unspecified atom stereocenters. The zero-order valence-electron chi connectivity index (χ0n) is 8.82. The number of rotatable bonds is 2. The van der Waals surface area contributed by atoms with Gasteiger partial charge in [0.2, 0.25) is 0 Å². The van der Waals surface area contributed by atoms with Crippen LogP contribution in [-0.4, -0.2) is 7.05 Å². The molecule has 2 nitrogen and oxygen atoms in total. The normalized spacial score (nSPS) is 9.38. The number of aromatic amines is 1. The number of nitrogens with zero attached hydrogens (tertiary/aromatic N) is 1. The van der Waals surface area contributed by atoms with E-state index in [1.165, 1.54) is 0 Å². The summed E-state index contributed by atoms with van der Waals surface area (Å²) in [6.45, 7) is 0. The maximum absolute atomic E-state index is 5.84. The van der Waals surface area contributed by atoms with E-state index in [1.54, 1.807) is 0 Å². The van der Waals surface area contributed by atoms with Gasteiger partial charge < -0.3 is 17.3 Å². The van der Waals surface area contributed by atoms with Gasteiger partial charge in [0.25, 0.3) is 0 Å². The van der Waals surface area contributed by atoms with E-state index in [0.717, 1.165) is 16.4 Å². The number of halogens is 2. The second kappa shape index (κ2) is 5.73. The van der Waals surface area contributed by atoms with Gasteiger partial charge in [0.15, 0.2) is 12.4 Å². The van der Waals surface area contributed by atoms with E-state index in [4.69, 9.17) is 11.6 Å². The van der Waals surface area contributed by atoms with E-state index in [0.29, 0.717) is 0 Å². The Kier molecular flexibility index (Phi) is 4.59. The Balaban J connectivity index is 0.00000128. The number of aromatic nitrogens is 1. The van der Waals surface area contributed by atoms with Crippen molar-refractivity contribution in [2.75, 3.05) is 11.9 Å². The minimum absolute atomic E-state index is 0. The van der Waals surface area contributed by atoms with Gasteiger partial charge in [0, 0.05) is 29.9 Å². The SMILES string of the molecule is CN(c1cc[nH+]cc1)c1ccc(Cl)cc1.[Cl-]. The molecule has 1 aromatic carbocycles. The molecule has 0 amide bonds. The van der Waals surface area contributed by atoms with Crippen molar-refractivity contribution in [2.45, 2.75) is 0 Å². The molecule has 0 bridgehead atoms. The summed E-state index contributed by atoms with van der Waals surface area (Å²) in [6, 6.07) is 11.8. The van der Waals surface area contributed by atoms with E-state index < -0.39 is 0 Å². The molecule has 0 aliphatic carbocycles. The van der Waals surface area contributed by atoms with Crippen LogP contribution in [0.4, 0.5) is 11.4 Å². The Labute approximate surface area is 106 Å². The van der Waals surface area contributed by atoms with Crippen LogP contribution in [0.25, 0.3) is 0 Å². The van der Waals surface area contributed by atoms with Crippen LogP contribution in [0.15, 0.2) is 48.8 Å². The Hall–Kier alpha value is -1.25. The molecule has 0 radical (unpaired) electrons. The van der Waals surface area contributed by atoms with Gasteiger partial charge in [-0.2, -0.15) is 0 Å². The van der Waals surface area contributed by atoms with Crippen molar-refractivity contribution < 1.29 is 17.4 Å². The summed E-state index contributed by atoms with van der Waals surface area (Å²) in [4.78, 5) is 5.10. The molecule has 16 heavy (non-hydrogen) atoms. The lowest BCUT2D eigenvalue weighted by Crippen LogP contribution is -3.00. The van der Waals surface area contributed by atoms with Gasteiger partial charge in [0.1, 0.15) is 0 Å². The summed E-state index contributed by atoms with van der Waals surface area (Å²) >= 11 is 5.84. The summed E-state index contributed by atoms with van der Waals surface area (Å²) < 4.78 is 0. The van der Waals surface area contributed by atoms with Crippen LogP contribution >= 0.6 is 11.6 Å². The number of H-pyrrole nitrogens is 1. The molecule has 1 aromatic heterocycles. The van der Waals surface area contributed by atoms with Crippen LogP contribution in [0.1, 0.15) is 0 Å². The van der Waals surface area contributed by atoms with Crippen molar-refractivity contribution in [1.29, 1.82) is 0 Å². The maximum Gasteiger partial charge on any atom is 0.169 e. The summed E-state index contributed by atoms with van der Waals surface area (Å²) in [5.41, 5.74) is 2.25. The third-order valence-corrected chi connectivity index (χ3v) is 2.55. The van der Waals surface area contributed by atoms with Gasteiger partial charge in [-0.25, -0.2) is 4.98 Å². The van der Waals surface area contributed by atoms with Crippen molar-refractivity contribution >= 4 is 23.0 Å². The molecule has 0 saturated heterocycles. The number of hydrogen-bond acceptors (Lipinski definition) is 1. The highest BCUT2D eigenvalue weighted by molar-refractivity contribution is 6.30. The molecule has 0 atom stereocenters. The molecule has 0 saturated carbocycles. The average Bonchev–Trinajstić information content (AvgIpc) is 2.30. The Bertz CT molecular complexity index is 429. The summed E-state index contributed by atoms with van der Waals surface area (Å²) in [7, 11) is 2.03. The van der Waals surface area contributed by atoms with E-state index >= 15 is 0 Å². The van der Waals surface area contributed by atoms with Gasteiger partial charge in [-0.1, -0.05) is 11.6 Å². The van der Waals surface area contributed by atoms with Crippen molar-refractivity contribution in [3.63, 3.8) is 0 Å². The molecule has 84 valence electrons. The van der Waals surface area contributed by atoms with Gasteiger partial charge in [0.05, 0.1) is 5.69 Å². The fourth-order valence-electron chi connectivity index (χ4n) is 1.42. The molecule has 4 heteroatoms. The fraction of sp³-hybridized carbons (Fsp3) is 0.0833. The molecule has 0 aliphatic rings. The maximum atomic E-state index is 5.84. The van der Waals surface area contributed by atoms with E-state index in [9.17, 15) is 0 Å². The number of hydrogen-bond donors (Lipinski definition) is 0. The lowest BCUT2D eigenvalue weighted by atomic mass is 10.2. The smallest absolute Gasteiger partial charge is 0.169 e.